The minimum atomic E-state index is 0.0212. The molecule has 22 heavy (non-hydrogen) atoms. The highest BCUT2D eigenvalue weighted by molar-refractivity contribution is 5.95. The highest BCUT2D eigenvalue weighted by atomic mass is 16.1. The largest absolute Gasteiger partial charge is 0.359 e. The fourth-order valence-electron chi connectivity index (χ4n) is 3.19. The van der Waals surface area contributed by atoms with E-state index in [2.05, 4.69) is 25.9 Å². The second kappa shape index (κ2) is 5.02. The maximum Gasteiger partial charge on any atom is 0.227 e. The number of nitrogens with one attached hydrogen (secondary N) is 2. The summed E-state index contributed by atoms with van der Waals surface area (Å²) in [6.07, 6.45) is 5.32. The Hall–Kier alpha value is -2.56. The molecule has 0 aliphatic carbocycles. The third-order valence-electron chi connectivity index (χ3n) is 4.37. The van der Waals surface area contributed by atoms with Crippen LogP contribution in [0.15, 0.2) is 36.8 Å². The second-order valence-corrected chi connectivity index (χ2v) is 6.01. The van der Waals surface area contributed by atoms with E-state index in [1.54, 1.807) is 0 Å². The van der Waals surface area contributed by atoms with Crippen molar-refractivity contribution in [3.8, 4) is 0 Å². The Morgan fingerprint density at radius 2 is 2.32 bits per heavy atom. The van der Waals surface area contributed by atoms with Gasteiger partial charge in [-0.25, -0.2) is 4.98 Å². The molecule has 1 aromatic carbocycles. The van der Waals surface area contributed by atoms with E-state index in [4.69, 9.17) is 0 Å². The monoisotopic (exact) mass is 294 g/mol. The van der Waals surface area contributed by atoms with Crippen LogP contribution in [-0.4, -0.2) is 20.4 Å². The van der Waals surface area contributed by atoms with Gasteiger partial charge in [0.15, 0.2) is 0 Å². The average molecular weight is 294 g/mol. The van der Waals surface area contributed by atoms with Crippen LogP contribution in [0.25, 0.3) is 10.9 Å². The summed E-state index contributed by atoms with van der Waals surface area (Å²) in [5, 5.41) is 4.18. The van der Waals surface area contributed by atoms with Crippen LogP contribution in [0, 0.1) is 12.8 Å². The van der Waals surface area contributed by atoms with Crippen LogP contribution in [0.1, 0.15) is 17.8 Å². The number of hydrogen-bond donors (Lipinski definition) is 2. The number of aryl methyl sites for hydroxylation is 2. The zero-order valence-corrected chi connectivity index (χ0v) is 12.5. The van der Waals surface area contributed by atoms with Gasteiger partial charge in [-0.05, 0) is 37.6 Å². The fourth-order valence-corrected chi connectivity index (χ4v) is 3.19. The van der Waals surface area contributed by atoms with E-state index < -0.39 is 0 Å². The molecule has 0 spiro atoms. The number of hydrogen-bond acceptors (Lipinski definition) is 2. The van der Waals surface area contributed by atoms with Crippen molar-refractivity contribution in [2.45, 2.75) is 26.3 Å². The van der Waals surface area contributed by atoms with E-state index in [0.29, 0.717) is 0 Å². The number of anilines is 1. The van der Waals surface area contributed by atoms with Gasteiger partial charge in [0.25, 0.3) is 0 Å². The first-order chi connectivity index (χ1) is 10.7. The zero-order valence-electron chi connectivity index (χ0n) is 12.5. The first kappa shape index (κ1) is 13.1. The predicted octanol–water partition coefficient (Wildman–Crippen LogP) is 2.87. The van der Waals surface area contributed by atoms with E-state index in [0.717, 1.165) is 47.4 Å². The molecule has 3 heterocycles. The number of aromatic nitrogens is 3. The van der Waals surface area contributed by atoms with Gasteiger partial charge >= 0.3 is 0 Å². The number of nitrogens with zero attached hydrogens (tertiary/aromatic N) is 2. The molecule has 5 nitrogen and oxygen atoms in total. The van der Waals surface area contributed by atoms with Gasteiger partial charge in [-0.2, -0.15) is 0 Å². The molecular formula is C17H18N4O. The number of benzene rings is 1. The van der Waals surface area contributed by atoms with Crippen molar-refractivity contribution in [3.05, 3.63) is 48.2 Å². The van der Waals surface area contributed by atoms with Gasteiger partial charge in [-0.1, -0.05) is 0 Å². The molecule has 112 valence electrons. The first-order valence-electron chi connectivity index (χ1n) is 7.58. The molecule has 5 heteroatoms. The van der Waals surface area contributed by atoms with Crippen molar-refractivity contribution >= 4 is 22.5 Å². The lowest BCUT2D eigenvalue weighted by Crippen LogP contribution is -2.29. The van der Waals surface area contributed by atoms with Crippen LogP contribution in [0.5, 0.6) is 0 Å². The number of amides is 1. The highest BCUT2D eigenvalue weighted by Crippen LogP contribution is 2.23. The summed E-state index contributed by atoms with van der Waals surface area (Å²) in [7, 11) is 0. The van der Waals surface area contributed by atoms with Crippen molar-refractivity contribution < 1.29 is 4.79 Å². The standard InChI is InChI=1S/C17H18N4O/c1-11-6-13-7-14(2-3-16(13)19-11)20-17(22)12-4-5-21-10-18-9-15(21)8-12/h2-3,6-7,9-10,12,19H,4-5,8H2,1H3,(H,20,22). The van der Waals surface area contributed by atoms with Gasteiger partial charge in [0, 0.05) is 53.1 Å². The number of imidazole rings is 1. The van der Waals surface area contributed by atoms with Gasteiger partial charge in [0.05, 0.1) is 6.33 Å². The molecular weight excluding hydrogens is 276 g/mol. The Morgan fingerprint density at radius 1 is 1.41 bits per heavy atom. The van der Waals surface area contributed by atoms with Crippen molar-refractivity contribution in [3.63, 3.8) is 0 Å². The summed E-state index contributed by atoms with van der Waals surface area (Å²) >= 11 is 0. The zero-order chi connectivity index (χ0) is 15.1. The van der Waals surface area contributed by atoms with Crippen molar-refractivity contribution in [2.24, 2.45) is 5.92 Å². The van der Waals surface area contributed by atoms with Crippen LogP contribution < -0.4 is 5.32 Å². The van der Waals surface area contributed by atoms with E-state index in [1.807, 2.05) is 37.6 Å². The van der Waals surface area contributed by atoms with Crippen molar-refractivity contribution in [2.75, 3.05) is 5.32 Å². The molecule has 0 fully saturated rings. The van der Waals surface area contributed by atoms with Crippen molar-refractivity contribution in [1.29, 1.82) is 0 Å². The SMILES string of the molecule is Cc1cc2cc(NC(=O)C3CCn4cncc4C3)ccc2[nH]1. The lowest BCUT2D eigenvalue weighted by Gasteiger charge is -2.23. The van der Waals surface area contributed by atoms with Gasteiger partial charge < -0.3 is 14.9 Å². The van der Waals surface area contributed by atoms with Crippen LogP contribution in [0.4, 0.5) is 5.69 Å². The quantitative estimate of drug-likeness (QED) is 0.763. The maximum atomic E-state index is 12.5. The van der Waals surface area contributed by atoms with Gasteiger partial charge in [0.1, 0.15) is 0 Å². The molecule has 2 aromatic heterocycles. The molecule has 1 atom stereocenters. The molecule has 0 saturated carbocycles. The fraction of sp³-hybridized carbons (Fsp3) is 0.294. The van der Waals surface area contributed by atoms with E-state index in [-0.39, 0.29) is 11.8 Å². The first-order valence-corrected chi connectivity index (χ1v) is 7.58. The number of carbonyl (C=O) groups is 1. The number of carbonyl (C=O) groups excluding carboxylic acids is 1. The van der Waals surface area contributed by atoms with Crippen LogP contribution in [0.2, 0.25) is 0 Å². The number of fused-ring (bicyclic) bond motifs is 2. The van der Waals surface area contributed by atoms with E-state index in [1.165, 1.54) is 0 Å². The summed E-state index contributed by atoms with van der Waals surface area (Å²) in [5.74, 6) is 0.118. The number of H-pyrrole nitrogens is 1. The summed E-state index contributed by atoms with van der Waals surface area (Å²) < 4.78 is 2.12. The molecule has 0 radical (unpaired) electrons. The molecule has 4 rings (SSSR count). The third-order valence-corrected chi connectivity index (χ3v) is 4.37. The molecule has 1 aliphatic heterocycles. The normalized spacial score (nSPS) is 17.4. The Bertz CT molecular complexity index is 845. The van der Waals surface area contributed by atoms with Gasteiger partial charge in [-0.15, -0.1) is 0 Å². The molecule has 3 aromatic rings. The van der Waals surface area contributed by atoms with Crippen LogP contribution in [-0.2, 0) is 17.8 Å². The summed E-state index contributed by atoms with van der Waals surface area (Å²) in [4.78, 5) is 19.9. The summed E-state index contributed by atoms with van der Waals surface area (Å²) in [6, 6.07) is 8.06. The number of rotatable bonds is 2. The maximum absolute atomic E-state index is 12.5. The van der Waals surface area contributed by atoms with Crippen molar-refractivity contribution in [1.82, 2.24) is 14.5 Å². The molecule has 1 aliphatic rings. The molecule has 0 bridgehead atoms. The summed E-state index contributed by atoms with van der Waals surface area (Å²) in [6.45, 7) is 2.90. The molecule has 0 saturated heterocycles. The Labute approximate surface area is 128 Å². The minimum Gasteiger partial charge on any atom is -0.359 e. The molecule has 1 amide bonds. The number of aromatic amines is 1. The third kappa shape index (κ3) is 2.28. The molecule has 2 N–H and O–H groups in total. The molecule has 1 unspecified atom stereocenters. The smallest absolute Gasteiger partial charge is 0.227 e. The van der Waals surface area contributed by atoms with Crippen LogP contribution >= 0.6 is 0 Å². The lowest BCUT2D eigenvalue weighted by atomic mass is 9.95. The predicted molar refractivity (Wildman–Crippen MR) is 85.7 cm³/mol. The van der Waals surface area contributed by atoms with Gasteiger partial charge in [0.2, 0.25) is 5.91 Å². The lowest BCUT2D eigenvalue weighted by molar-refractivity contribution is -0.120. The Kier molecular flexibility index (Phi) is 2.99. The minimum absolute atomic E-state index is 0.0212. The average Bonchev–Trinajstić information content (AvgIpc) is 3.10. The highest BCUT2D eigenvalue weighted by Gasteiger charge is 2.24. The van der Waals surface area contributed by atoms with Crippen LogP contribution in [0.3, 0.4) is 0 Å². The van der Waals surface area contributed by atoms with E-state index >= 15 is 0 Å². The van der Waals surface area contributed by atoms with E-state index in [9.17, 15) is 4.79 Å². The summed E-state index contributed by atoms with van der Waals surface area (Å²) in [5.41, 5.74) is 4.22. The Balaban J connectivity index is 1.51. The topological polar surface area (TPSA) is 62.7 Å². The van der Waals surface area contributed by atoms with Gasteiger partial charge in [-0.3, -0.25) is 4.79 Å². The second-order valence-electron chi connectivity index (χ2n) is 6.01. The Morgan fingerprint density at radius 3 is 3.23 bits per heavy atom.